The molecule has 0 aliphatic carbocycles. The molecule has 1 N–H and O–H groups in total. The number of benzene rings is 1. The number of aromatic nitrogens is 2. The number of rotatable bonds is 4. The minimum Gasteiger partial charge on any atom is -0.368 e. The Bertz CT molecular complexity index is 885. The van der Waals surface area contributed by atoms with Crippen molar-refractivity contribution in [2.45, 2.75) is 6.92 Å². The largest absolute Gasteiger partial charge is 0.368 e. The Labute approximate surface area is 162 Å². The van der Waals surface area contributed by atoms with E-state index in [1.165, 1.54) is 5.69 Å². The van der Waals surface area contributed by atoms with Gasteiger partial charge in [0.1, 0.15) is 5.69 Å². The van der Waals surface area contributed by atoms with E-state index in [9.17, 15) is 4.79 Å². The molecule has 1 amide bonds. The van der Waals surface area contributed by atoms with Crippen LogP contribution in [0.5, 0.6) is 0 Å². The van der Waals surface area contributed by atoms with Crippen LogP contribution >= 0.6 is 11.3 Å². The summed E-state index contributed by atoms with van der Waals surface area (Å²) in [4.78, 5) is 25.5. The molecule has 7 heteroatoms. The van der Waals surface area contributed by atoms with Crippen LogP contribution in [-0.2, 0) is 0 Å². The third-order valence-electron chi connectivity index (χ3n) is 4.60. The van der Waals surface area contributed by atoms with E-state index in [2.05, 4.69) is 37.2 Å². The van der Waals surface area contributed by atoms with E-state index in [0.717, 1.165) is 42.6 Å². The number of hydrogen-bond acceptors (Lipinski definition) is 6. The molecule has 0 radical (unpaired) electrons. The Kier molecular flexibility index (Phi) is 5.02. The summed E-state index contributed by atoms with van der Waals surface area (Å²) in [6.07, 6.45) is 3.55. The number of thiazole rings is 1. The van der Waals surface area contributed by atoms with E-state index in [1.807, 2.05) is 36.7 Å². The lowest BCUT2D eigenvalue weighted by molar-refractivity contribution is 0.102. The van der Waals surface area contributed by atoms with Gasteiger partial charge in [-0.05, 0) is 42.8 Å². The number of nitrogens with one attached hydrogen (secondary N) is 1. The molecule has 3 aromatic rings. The van der Waals surface area contributed by atoms with Crippen molar-refractivity contribution in [1.82, 2.24) is 9.97 Å². The molecular formula is C20H21N5OS. The van der Waals surface area contributed by atoms with Gasteiger partial charge in [0, 0.05) is 55.3 Å². The van der Waals surface area contributed by atoms with Gasteiger partial charge in [-0.15, -0.1) is 11.3 Å². The van der Waals surface area contributed by atoms with E-state index < -0.39 is 0 Å². The Balaban J connectivity index is 1.35. The molecule has 1 aliphatic heterocycles. The van der Waals surface area contributed by atoms with E-state index in [4.69, 9.17) is 0 Å². The first-order valence-electron chi connectivity index (χ1n) is 8.92. The lowest BCUT2D eigenvalue weighted by Crippen LogP contribution is -2.46. The van der Waals surface area contributed by atoms with Crippen LogP contribution in [0.2, 0.25) is 0 Å². The highest BCUT2D eigenvalue weighted by Crippen LogP contribution is 2.23. The summed E-state index contributed by atoms with van der Waals surface area (Å²) in [5.74, 6) is -0.195. The maximum atomic E-state index is 12.3. The van der Waals surface area contributed by atoms with Gasteiger partial charge in [-0.1, -0.05) is 6.07 Å². The van der Waals surface area contributed by atoms with Gasteiger partial charge < -0.3 is 15.1 Å². The van der Waals surface area contributed by atoms with Gasteiger partial charge in [0.25, 0.3) is 5.91 Å². The number of anilines is 3. The van der Waals surface area contributed by atoms with E-state index in [-0.39, 0.29) is 5.91 Å². The number of nitrogens with zero attached hydrogens (tertiary/aromatic N) is 4. The van der Waals surface area contributed by atoms with Crippen LogP contribution in [0, 0.1) is 6.92 Å². The molecule has 0 saturated carbocycles. The molecule has 1 aliphatic rings. The predicted molar refractivity (Wildman–Crippen MR) is 110 cm³/mol. The second-order valence-electron chi connectivity index (χ2n) is 6.51. The topological polar surface area (TPSA) is 61.4 Å². The minimum atomic E-state index is -0.195. The van der Waals surface area contributed by atoms with Crippen molar-refractivity contribution in [1.29, 1.82) is 0 Å². The fraction of sp³-hybridized carbons (Fsp3) is 0.250. The normalized spacial score (nSPS) is 14.3. The second kappa shape index (κ2) is 7.75. The van der Waals surface area contributed by atoms with Gasteiger partial charge in [-0.2, -0.15) is 0 Å². The summed E-state index contributed by atoms with van der Waals surface area (Å²) in [6, 6.07) is 11.6. The molecule has 4 rings (SSSR count). The van der Waals surface area contributed by atoms with Crippen molar-refractivity contribution in [2.75, 3.05) is 41.3 Å². The van der Waals surface area contributed by atoms with Crippen LogP contribution in [-0.4, -0.2) is 42.1 Å². The zero-order valence-electron chi connectivity index (χ0n) is 15.1. The van der Waals surface area contributed by atoms with E-state index in [1.54, 1.807) is 23.6 Å². The number of pyridine rings is 1. The molecular weight excluding hydrogens is 358 g/mol. The van der Waals surface area contributed by atoms with Gasteiger partial charge in [-0.3, -0.25) is 9.78 Å². The van der Waals surface area contributed by atoms with Crippen LogP contribution in [0.25, 0.3) is 0 Å². The van der Waals surface area contributed by atoms with Gasteiger partial charge in [0.05, 0.1) is 0 Å². The molecule has 3 heterocycles. The highest BCUT2D eigenvalue weighted by atomic mass is 32.1. The zero-order chi connectivity index (χ0) is 18.6. The number of carbonyl (C=O) groups excluding carboxylic acids is 1. The molecule has 1 aromatic carbocycles. The SMILES string of the molecule is Cc1ccc(C(=O)Nc2ccc(N3CCN(c4nccs4)CC3)cc2)nc1. The Morgan fingerprint density at radius 1 is 1.00 bits per heavy atom. The summed E-state index contributed by atoms with van der Waals surface area (Å²) < 4.78 is 0. The standard InChI is InChI=1S/C20H21N5OS/c1-15-2-7-18(22-14-15)19(26)23-16-3-5-17(6-4-16)24-9-11-25(12-10-24)20-21-8-13-27-20/h2-8,13-14H,9-12H2,1H3,(H,23,26). The fourth-order valence-electron chi connectivity index (χ4n) is 3.08. The Hall–Kier alpha value is -2.93. The average Bonchev–Trinajstić information content (AvgIpc) is 3.24. The molecule has 0 atom stereocenters. The van der Waals surface area contributed by atoms with Crippen molar-refractivity contribution >= 4 is 33.8 Å². The van der Waals surface area contributed by atoms with Gasteiger partial charge in [-0.25, -0.2) is 4.98 Å². The lowest BCUT2D eigenvalue weighted by Gasteiger charge is -2.36. The van der Waals surface area contributed by atoms with Crippen LogP contribution < -0.4 is 15.1 Å². The summed E-state index contributed by atoms with van der Waals surface area (Å²) in [6.45, 7) is 5.79. The summed E-state index contributed by atoms with van der Waals surface area (Å²) in [5.41, 5.74) is 3.39. The number of piperazine rings is 1. The summed E-state index contributed by atoms with van der Waals surface area (Å²) in [5, 5.41) is 6.01. The third kappa shape index (κ3) is 4.09. The molecule has 2 aromatic heterocycles. The van der Waals surface area contributed by atoms with Crippen molar-refractivity contribution in [3.8, 4) is 0 Å². The molecule has 0 spiro atoms. The van der Waals surface area contributed by atoms with Crippen LogP contribution in [0.4, 0.5) is 16.5 Å². The molecule has 138 valence electrons. The predicted octanol–water partition coefficient (Wildman–Crippen LogP) is 3.43. The first kappa shape index (κ1) is 17.5. The average molecular weight is 379 g/mol. The molecule has 27 heavy (non-hydrogen) atoms. The quantitative estimate of drug-likeness (QED) is 0.753. The lowest BCUT2D eigenvalue weighted by atomic mass is 10.2. The Morgan fingerprint density at radius 3 is 2.37 bits per heavy atom. The fourth-order valence-corrected chi connectivity index (χ4v) is 3.78. The van der Waals surface area contributed by atoms with Crippen molar-refractivity contribution in [3.63, 3.8) is 0 Å². The van der Waals surface area contributed by atoms with Crippen molar-refractivity contribution < 1.29 is 4.79 Å². The first-order chi connectivity index (χ1) is 13.2. The highest BCUT2D eigenvalue weighted by Gasteiger charge is 2.19. The zero-order valence-corrected chi connectivity index (χ0v) is 15.9. The first-order valence-corrected chi connectivity index (χ1v) is 9.80. The number of aryl methyl sites for hydroxylation is 1. The van der Waals surface area contributed by atoms with E-state index in [0.29, 0.717) is 5.69 Å². The number of carbonyl (C=O) groups is 1. The number of amides is 1. The summed E-state index contributed by atoms with van der Waals surface area (Å²) >= 11 is 1.68. The maximum absolute atomic E-state index is 12.3. The number of hydrogen-bond donors (Lipinski definition) is 1. The van der Waals surface area contributed by atoms with Gasteiger partial charge in [0.2, 0.25) is 0 Å². The van der Waals surface area contributed by atoms with Crippen LogP contribution in [0.15, 0.2) is 54.2 Å². The maximum Gasteiger partial charge on any atom is 0.274 e. The summed E-state index contributed by atoms with van der Waals surface area (Å²) in [7, 11) is 0. The van der Waals surface area contributed by atoms with E-state index >= 15 is 0 Å². The molecule has 0 unspecified atom stereocenters. The molecule has 1 saturated heterocycles. The molecule has 6 nitrogen and oxygen atoms in total. The van der Waals surface area contributed by atoms with Crippen LogP contribution in [0.3, 0.4) is 0 Å². The monoisotopic (exact) mass is 379 g/mol. The van der Waals surface area contributed by atoms with Crippen LogP contribution in [0.1, 0.15) is 16.1 Å². The minimum absolute atomic E-state index is 0.195. The highest BCUT2D eigenvalue weighted by molar-refractivity contribution is 7.13. The second-order valence-corrected chi connectivity index (χ2v) is 7.38. The molecule has 1 fully saturated rings. The Morgan fingerprint density at radius 2 is 1.74 bits per heavy atom. The van der Waals surface area contributed by atoms with Crippen molar-refractivity contribution in [2.24, 2.45) is 0 Å². The smallest absolute Gasteiger partial charge is 0.274 e. The van der Waals surface area contributed by atoms with Crippen molar-refractivity contribution in [3.05, 3.63) is 65.4 Å². The molecule has 0 bridgehead atoms. The van der Waals surface area contributed by atoms with Gasteiger partial charge in [0.15, 0.2) is 5.13 Å². The van der Waals surface area contributed by atoms with Gasteiger partial charge >= 0.3 is 0 Å². The third-order valence-corrected chi connectivity index (χ3v) is 5.44.